The maximum absolute atomic E-state index is 12.7. The fourth-order valence-corrected chi connectivity index (χ4v) is 1.07. The molecule has 0 saturated carbocycles. The van der Waals surface area contributed by atoms with E-state index in [4.69, 9.17) is 16.7 Å². The number of rotatable bonds is 3. The Balaban J connectivity index is 2.70. The highest BCUT2D eigenvalue weighted by molar-refractivity contribution is 6.33. The minimum atomic E-state index is -0.487. The largest absolute Gasteiger partial charge is 0.392 e. The second-order valence-electron chi connectivity index (χ2n) is 2.85. The Hall–Kier alpha value is -0.800. The predicted molar refractivity (Wildman–Crippen MR) is 51.6 cm³/mol. The van der Waals surface area contributed by atoms with E-state index in [0.29, 0.717) is 17.3 Å². The van der Waals surface area contributed by atoms with Gasteiger partial charge in [0.2, 0.25) is 0 Å². The first kappa shape index (κ1) is 10.3. The molecule has 0 amide bonds. The smallest absolute Gasteiger partial charge is 0.125 e. The molecule has 13 heavy (non-hydrogen) atoms. The van der Waals surface area contributed by atoms with Crippen molar-refractivity contribution in [3.63, 3.8) is 0 Å². The summed E-state index contributed by atoms with van der Waals surface area (Å²) >= 11 is 5.77. The topological polar surface area (TPSA) is 32.3 Å². The quantitative estimate of drug-likeness (QED) is 0.790. The number of hydrogen-bond acceptors (Lipinski definition) is 2. The fourth-order valence-electron chi connectivity index (χ4n) is 0.891. The maximum atomic E-state index is 12.7. The summed E-state index contributed by atoms with van der Waals surface area (Å²) in [5.41, 5.74) is 0.502. The van der Waals surface area contributed by atoms with Crippen LogP contribution in [0.3, 0.4) is 0 Å². The van der Waals surface area contributed by atoms with Gasteiger partial charge in [0, 0.05) is 6.54 Å². The molecule has 2 N–H and O–H groups in total. The van der Waals surface area contributed by atoms with Crippen LogP contribution in [0.5, 0.6) is 0 Å². The lowest BCUT2D eigenvalue weighted by Crippen LogP contribution is -2.15. The van der Waals surface area contributed by atoms with Crippen molar-refractivity contribution < 1.29 is 9.50 Å². The minimum absolute atomic E-state index is 0.350. The van der Waals surface area contributed by atoms with Crippen LogP contribution in [-0.2, 0) is 0 Å². The Labute approximate surface area is 81.3 Å². The molecule has 4 heteroatoms. The molecular formula is C9H11ClFNO. The van der Waals surface area contributed by atoms with Crippen LogP contribution in [0.2, 0.25) is 5.02 Å². The number of aliphatic hydroxyl groups is 1. The Kier molecular flexibility index (Phi) is 3.51. The molecular weight excluding hydrogens is 193 g/mol. The van der Waals surface area contributed by atoms with Gasteiger partial charge in [-0.2, -0.15) is 0 Å². The molecule has 0 radical (unpaired) electrons. The summed E-state index contributed by atoms with van der Waals surface area (Å²) in [6.07, 6.45) is -0.487. The molecule has 0 fully saturated rings. The van der Waals surface area contributed by atoms with Crippen LogP contribution >= 0.6 is 11.6 Å². The van der Waals surface area contributed by atoms with Gasteiger partial charge in [-0.3, -0.25) is 0 Å². The second kappa shape index (κ2) is 4.44. The average Bonchev–Trinajstić information content (AvgIpc) is 2.06. The minimum Gasteiger partial charge on any atom is -0.392 e. The van der Waals surface area contributed by atoms with Gasteiger partial charge in [0.25, 0.3) is 0 Å². The van der Waals surface area contributed by atoms with Crippen molar-refractivity contribution in [3.8, 4) is 0 Å². The first-order chi connectivity index (χ1) is 6.09. The monoisotopic (exact) mass is 203 g/mol. The van der Waals surface area contributed by atoms with E-state index in [9.17, 15) is 4.39 Å². The summed E-state index contributed by atoms with van der Waals surface area (Å²) < 4.78 is 12.7. The molecule has 1 rings (SSSR count). The molecule has 0 spiro atoms. The zero-order chi connectivity index (χ0) is 9.84. The van der Waals surface area contributed by atoms with Crippen molar-refractivity contribution >= 4 is 17.3 Å². The van der Waals surface area contributed by atoms with Gasteiger partial charge in [-0.1, -0.05) is 11.6 Å². The maximum Gasteiger partial charge on any atom is 0.125 e. The van der Waals surface area contributed by atoms with Crippen LogP contribution in [0, 0.1) is 5.82 Å². The summed E-state index contributed by atoms with van der Waals surface area (Å²) in [5.74, 6) is -0.350. The molecule has 1 atom stereocenters. The molecule has 0 unspecified atom stereocenters. The molecule has 1 aromatic rings. The van der Waals surface area contributed by atoms with Crippen molar-refractivity contribution in [2.45, 2.75) is 13.0 Å². The van der Waals surface area contributed by atoms with Gasteiger partial charge < -0.3 is 10.4 Å². The van der Waals surface area contributed by atoms with Crippen molar-refractivity contribution in [2.24, 2.45) is 0 Å². The molecule has 0 aliphatic carbocycles. The molecule has 0 aliphatic rings. The van der Waals surface area contributed by atoms with Gasteiger partial charge in [0.15, 0.2) is 0 Å². The summed E-state index contributed by atoms with van der Waals surface area (Å²) in [6, 6.07) is 4.06. The number of aliphatic hydroxyl groups excluding tert-OH is 1. The summed E-state index contributed by atoms with van der Waals surface area (Å²) in [7, 11) is 0. The lowest BCUT2D eigenvalue weighted by molar-refractivity contribution is 0.208. The van der Waals surface area contributed by atoms with Crippen LogP contribution < -0.4 is 5.32 Å². The van der Waals surface area contributed by atoms with Crippen molar-refractivity contribution in [1.29, 1.82) is 0 Å². The molecule has 0 saturated heterocycles. The Morgan fingerprint density at radius 1 is 1.62 bits per heavy atom. The Morgan fingerprint density at radius 2 is 2.31 bits per heavy atom. The van der Waals surface area contributed by atoms with Crippen molar-refractivity contribution in [2.75, 3.05) is 11.9 Å². The van der Waals surface area contributed by atoms with Gasteiger partial charge in [0.1, 0.15) is 5.82 Å². The van der Waals surface area contributed by atoms with E-state index in [1.54, 1.807) is 6.92 Å². The van der Waals surface area contributed by atoms with Crippen molar-refractivity contribution in [1.82, 2.24) is 0 Å². The zero-order valence-electron chi connectivity index (χ0n) is 7.22. The molecule has 0 heterocycles. The van der Waals surface area contributed by atoms with E-state index in [-0.39, 0.29) is 5.82 Å². The first-order valence-corrected chi connectivity index (χ1v) is 4.34. The van der Waals surface area contributed by atoms with Crippen molar-refractivity contribution in [3.05, 3.63) is 29.0 Å². The summed E-state index contributed by atoms with van der Waals surface area (Å²) in [5, 5.41) is 12.3. The van der Waals surface area contributed by atoms with Gasteiger partial charge in [0.05, 0.1) is 16.8 Å². The normalized spacial score (nSPS) is 12.6. The summed E-state index contributed by atoms with van der Waals surface area (Å²) in [4.78, 5) is 0. The van der Waals surface area contributed by atoms with Crippen LogP contribution in [0.1, 0.15) is 6.92 Å². The molecule has 0 bridgehead atoms. The predicted octanol–water partition coefficient (Wildman–Crippen LogP) is 2.27. The second-order valence-corrected chi connectivity index (χ2v) is 3.26. The Morgan fingerprint density at radius 3 is 2.92 bits per heavy atom. The SMILES string of the molecule is C[C@@H](O)CNc1cc(F)ccc1Cl. The van der Waals surface area contributed by atoms with E-state index in [2.05, 4.69) is 5.32 Å². The molecule has 1 aromatic carbocycles. The van der Waals surface area contributed by atoms with Crippen LogP contribution in [0.15, 0.2) is 18.2 Å². The highest BCUT2D eigenvalue weighted by Crippen LogP contribution is 2.22. The highest BCUT2D eigenvalue weighted by atomic mass is 35.5. The number of hydrogen-bond donors (Lipinski definition) is 2. The number of benzene rings is 1. The molecule has 2 nitrogen and oxygen atoms in total. The molecule has 0 aliphatic heterocycles. The third-order valence-corrected chi connectivity index (χ3v) is 1.85. The third-order valence-electron chi connectivity index (χ3n) is 1.52. The fraction of sp³-hybridized carbons (Fsp3) is 0.333. The first-order valence-electron chi connectivity index (χ1n) is 3.96. The standard InChI is InChI=1S/C9H11ClFNO/c1-6(13)5-12-9-4-7(11)2-3-8(9)10/h2-4,6,12-13H,5H2,1H3/t6-/m1/s1. The van der Waals surface area contributed by atoms with Gasteiger partial charge in [-0.15, -0.1) is 0 Å². The van der Waals surface area contributed by atoms with Gasteiger partial charge in [-0.25, -0.2) is 4.39 Å². The highest BCUT2D eigenvalue weighted by Gasteiger charge is 2.02. The number of halogens is 2. The number of nitrogens with one attached hydrogen (secondary N) is 1. The summed E-state index contributed by atoms with van der Waals surface area (Å²) in [6.45, 7) is 1.99. The zero-order valence-corrected chi connectivity index (χ0v) is 7.98. The van der Waals surface area contributed by atoms with E-state index >= 15 is 0 Å². The van der Waals surface area contributed by atoms with E-state index < -0.39 is 6.10 Å². The molecule has 0 aromatic heterocycles. The van der Waals surface area contributed by atoms with Crippen LogP contribution in [0.25, 0.3) is 0 Å². The lowest BCUT2D eigenvalue weighted by Gasteiger charge is -2.09. The van der Waals surface area contributed by atoms with Gasteiger partial charge in [-0.05, 0) is 25.1 Å². The number of anilines is 1. The van der Waals surface area contributed by atoms with E-state index in [1.165, 1.54) is 18.2 Å². The Bertz CT molecular complexity index is 291. The average molecular weight is 204 g/mol. The van der Waals surface area contributed by atoms with Crippen LogP contribution in [0.4, 0.5) is 10.1 Å². The third kappa shape index (κ3) is 3.20. The molecule has 72 valence electrons. The van der Waals surface area contributed by atoms with Gasteiger partial charge >= 0.3 is 0 Å². The van der Waals surface area contributed by atoms with Crippen LogP contribution in [-0.4, -0.2) is 17.8 Å². The van der Waals surface area contributed by atoms with E-state index in [0.717, 1.165) is 0 Å². The lowest BCUT2D eigenvalue weighted by atomic mass is 10.3. The van der Waals surface area contributed by atoms with E-state index in [1.807, 2.05) is 0 Å².